The lowest BCUT2D eigenvalue weighted by molar-refractivity contribution is -0.131. The van der Waals surface area contributed by atoms with Gasteiger partial charge in [0, 0.05) is 41.0 Å². The zero-order valence-electron chi connectivity index (χ0n) is 18.0. The summed E-state index contributed by atoms with van der Waals surface area (Å²) in [6, 6.07) is 14.8. The van der Waals surface area contributed by atoms with Crippen molar-refractivity contribution in [3.8, 4) is 0 Å². The number of sulfonamides is 1. The summed E-state index contributed by atoms with van der Waals surface area (Å²) in [5, 5.41) is 0. The van der Waals surface area contributed by atoms with Crippen molar-refractivity contribution in [1.82, 2.24) is 18.8 Å². The van der Waals surface area contributed by atoms with Crippen LogP contribution in [0, 0.1) is 0 Å². The fraction of sp³-hybridized carbons (Fsp3) is 0.364. The molecule has 0 saturated heterocycles. The van der Waals surface area contributed by atoms with Crippen molar-refractivity contribution in [3.63, 3.8) is 0 Å². The molecule has 0 spiro atoms. The molecule has 1 atom stereocenters. The molecule has 0 aliphatic rings. The van der Waals surface area contributed by atoms with Crippen LogP contribution >= 0.6 is 0 Å². The molecule has 30 heavy (non-hydrogen) atoms. The van der Waals surface area contributed by atoms with Crippen LogP contribution in [0.3, 0.4) is 0 Å². The van der Waals surface area contributed by atoms with Gasteiger partial charge >= 0.3 is 0 Å². The van der Waals surface area contributed by atoms with Crippen LogP contribution in [0.5, 0.6) is 0 Å². The topological polar surface area (TPSA) is 75.5 Å². The number of rotatable bonds is 7. The van der Waals surface area contributed by atoms with Gasteiger partial charge in [-0.05, 0) is 30.7 Å². The predicted octanol–water partition coefficient (Wildman–Crippen LogP) is 2.98. The molecule has 0 saturated carbocycles. The van der Waals surface area contributed by atoms with E-state index < -0.39 is 10.0 Å². The van der Waals surface area contributed by atoms with Gasteiger partial charge in [0.05, 0.1) is 22.0 Å². The van der Waals surface area contributed by atoms with Gasteiger partial charge in [-0.1, -0.05) is 30.3 Å². The second-order valence-electron chi connectivity index (χ2n) is 7.62. The Bertz CT molecular complexity index is 1150. The van der Waals surface area contributed by atoms with Crippen LogP contribution in [0.15, 0.2) is 53.4 Å². The van der Waals surface area contributed by atoms with Crippen molar-refractivity contribution in [3.05, 3.63) is 59.9 Å². The van der Waals surface area contributed by atoms with E-state index in [0.29, 0.717) is 18.4 Å². The highest BCUT2D eigenvalue weighted by molar-refractivity contribution is 7.89. The third-order valence-electron chi connectivity index (χ3n) is 5.54. The zero-order chi connectivity index (χ0) is 22.1. The number of carbonyl (C=O) groups excluding carboxylic acids is 1. The smallest absolute Gasteiger partial charge is 0.242 e. The first-order valence-electron chi connectivity index (χ1n) is 9.81. The molecule has 3 rings (SSSR count). The molecule has 0 unspecified atom stereocenters. The van der Waals surface area contributed by atoms with Crippen LogP contribution in [0.2, 0.25) is 0 Å². The second-order valence-corrected chi connectivity index (χ2v) is 9.77. The van der Waals surface area contributed by atoms with E-state index in [9.17, 15) is 13.2 Å². The fourth-order valence-electron chi connectivity index (χ4n) is 3.39. The summed E-state index contributed by atoms with van der Waals surface area (Å²) in [4.78, 5) is 19.3. The molecule has 8 heteroatoms. The zero-order valence-corrected chi connectivity index (χ0v) is 18.8. The normalized spacial score (nSPS) is 13.0. The van der Waals surface area contributed by atoms with Crippen LogP contribution in [-0.2, 0) is 28.3 Å². The summed E-state index contributed by atoms with van der Waals surface area (Å²) in [5.74, 6) is 0.785. The van der Waals surface area contributed by atoms with Crippen molar-refractivity contribution in [2.75, 3.05) is 21.1 Å². The third kappa shape index (κ3) is 4.24. The number of carbonyl (C=O) groups is 1. The lowest BCUT2D eigenvalue weighted by Crippen LogP contribution is -2.30. The Morgan fingerprint density at radius 1 is 1.10 bits per heavy atom. The summed E-state index contributed by atoms with van der Waals surface area (Å²) < 4.78 is 27.9. The SMILES string of the molecule is C[C@@H](c1ccccc1)N(C)C(=O)CCc1nc2cc(S(=O)(=O)N(C)C)ccc2n1C. The molecule has 2 aromatic carbocycles. The Balaban J connectivity index is 1.76. The van der Waals surface area contributed by atoms with E-state index in [-0.39, 0.29) is 16.8 Å². The molecule has 0 bridgehead atoms. The van der Waals surface area contributed by atoms with Gasteiger partial charge in [-0.25, -0.2) is 17.7 Å². The number of hydrogen-bond acceptors (Lipinski definition) is 4. The van der Waals surface area contributed by atoms with Gasteiger partial charge in [-0.15, -0.1) is 0 Å². The minimum atomic E-state index is -3.52. The van der Waals surface area contributed by atoms with Crippen LogP contribution in [0.1, 0.15) is 30.8 Å². The van der Waals surface area contributed by atoms with Crippen molar-refractivity contribution in [2.45, 2.75) is 30.7 Å². The highest BCUT2D eigenvalue weighted by Gasteiger charge is 2.20. The Labute approximate surface area is 178 Å². The monoisotopic (exact) mass is 428 g/mol. The van der Waals surface area contributed by atoms with E-state index in [2.05, 4.69) is 4.98 Å². The van der Waals surface area contributed by atoms with Crippen molar-refractivity contribution in [2.24, 2.45) is 7.05 Å². The van der Waals surface area contributed by atoms with Gasteiger partial charge < -0.3 is 9.47 Å². The maximum atomic E-state index is 12.7. The van der Waals surface area contributed by atoms with Gasteiger partial charge in [-0.3, -0.25) is 4.79 Å². The lowest BCUT2D eigenvalue weighted by Gasteiger charge is -2.25. The average molecular weight is 429 g/mol. The second kappa shape index (κ2) is 8.57. The first-order chi connectivity index (χ1) is 14.1. The molecular formula is C22H28N4O3S. The molecule has 0 aliphatic carbocycles. The molecule has 3 aromatic rings. The molecule has 7 nitrogen and oxygen atoms in total. The van der Waals surface area contributed by atoms with Crippen molar-refractivity contribution in [1.29, 1.82) is 0 Å². The summed E-state index contributed by atoms with van der Waals surface area (Å²) >= 11 is 0. The summed E-state index contributed by atoms with van der Waals surface area (Å²) in [5.41, 5.74) is 2.53. The summed E-state index contributed by atoms with van der Waals surface area (Å²) in [7, 11) is 3.18. The quantitative estimate of drug-likeness (QED) is 0.580. The standard InChI is InChI=1S/C22H28N4O3S/c1-16(17-9-7-6-8-10-17)25(4)22(27)14-13-21-23-19-15-18(30(28,29)24(2)3)11-12-20(19)26(21)5/h6-12,15-16H,13-14H2,1-5H3/t16-/m0/s1. The lowest BCUT2D eigenvalue weighted by atomic mass is 10.1. The molecule has 0 N–H and O–H groups in total. The number of hydrogen-bond donors (Lipinski definition) is 0. The van der Waals surface area contributed by atoms with E-state index in [1.165, 1.54) is 18.4 Å². The summed E-state index contributed by atoms with van der Waals surface area (Å²) in [6.07, 6.45) is 0.805. The first kappa shape index (κ1) is 22.0. The highest BCUT2D eigenvalue weighted by atomic mass is 32.2. The number of aromatic nitrogens is 2. The maximum absolute atomic E-state index is 12.7. The number of benzene rings is 2. The van der Waals surface area contributed by atoms with Gasteiger partial charge in [0.25, 0.3) is 0 Å². The van der Waals surface area contributed by atoms with E-state index in [4.69, 9.17) is 0 Å². The predicted molar refractivity (Wildman–Crippen MR) is 118 cm³/mol. The molecule has 0 fully saturated rings. The van der Waals surface area contributed by atoms with E-state index in [0.717, 1.165) is 16.9 Å². The third-order valence-corrected chi connectivity index (χ3v) is 7.35. The van der Waals surface area contributed by atoms with Crippen LogP contribution in [0.25, 0.3) is 11.0 Å². The largest absolute Gasteiger partial charge is 0.339 e. The number of nitrogens with zero attached hydrogens (tertiary/aromatic N) is 4. The molecule has 0 aliphatic heterocycles. The summed E-state index contributed by atoms with van der Waals surface area (Å²) in [6.45, 7) is 2.01. The molecule has 160 valence electrons. The molecular weight excluding hydrogens is 400 g/mol. The van der Waals surface area contributed by atoms with Crippen molar-refractivity contribution < 1.29 is 13.2 Å². The van der Waals surface area contributed by atoms with Crippen LogP contribution in [-0.4, -0.2) is 54.2 Å². The number of imidazole rings is 1. The molecule has 1 aromatic heterocycles. The number of aryl methyl sites for hydroxylation is 2. The van der Waals surface area contributed by atoms with E-state index >= 15 is 0 Å². The molecule has 0 radical (unpaired) electrons. The maximum Gasteiger partial charge on any atom is 0.242 e. The van der Waals surface area contributed by atoms with Crippen molar-refractivity contribution >= 4 is 27.0 Å². The van der Waals surface area contributed by atoms with Gasteiger partial charge in [-0.2, -0.15) is 0 Å². The van der Waals surface area contributed by atoms with Crippen LogP contribution < -0.4 is 0 Å². The molecule has 1 heterocycles. The Morgan fingerprint density at radius 2 is 1.77 bits per heavy atom. The number of amides is 1. The minimum absolute atomic E-state index is 0.0158. The highest BCUT2D eigenvalue weighted by Crippen LogP contribution is 2.23. The number of fused-ring (bicyclic) bond motifs is 1. The van der Waals surface area contributed by atoms with Gasteiger partial charge in [0.15, 0.2) is 0 Å². The van der Waals surface area contributed by atoms with Gasteiger partial charge in [0.2, 0.25) is 15.9 Å². The van der Waals surface area contributed by atoms with Crippen LogP contribution in [0.4, 0.5) is 0 Å². The average Bonchev–Trinajstić information content (AvgIpc) is 3.06. The molecule has 1 amide bonds. The minimum Gasteiger partial charge on any atom is -0.339 e. The Hall–Kier alpha value is -2.71. The fourth-order valence-corrected chi connectivity index (χ4v) is 4.31. The Kier molecular flexibility index (Phi) is 6.28. The first-order valence-corrected chi connectivity index (χ1v) is 11.3. The van der Waals surface area contributed by atoms with E-state index in [1.54, 1.807) is 23.1 Å². The Morgan fingerprint density at radius 3 is 2.40 bits per heavy atom. The van der Waals surface area contributed by atoms with E-state index in [1.807, 2.05) is 55.9 Å². The van der Waals surface area contributed by atoms with Gasteiger partial charge in [0.1, 0.15) is 5.82 Å².